The van der Waals surface area contributed by atoms with Crippen molar-refractivity contribution in [3.05, 3.63) is 0 Å². The second kappa shape index (κ2) is 7.57. The highest BCUT2D eigenvalue weighted by molar-refractivity contribution is 5.87. The summed E-state index contributed by atoms with van der Waals surface area (Å²) in [7, 11) is 0. The lowest BCUT2D eigenvalue weighted by Crippen LogP contribution is -2.49. The lowest BCUT2D eigenvalue weighted by atomic mass is 10.1. The Hall–Kier alpha value is -1.83. The molecule has 0 aromatic carbocycles. The summed E-state index contributed by atoms with van der Waals surface area (Å²) in [6, 6.07) is -1.97. The predicted molar refractivity (Wildman–Crippen MR) is 65.4 cm³/mol. The normalized spacial score (nSPS) is 20.3. The number of hydrogen-bond donors (Lipinski definition) is 4. The maximum absolute atomic E-state index is 11.5. The molecule has 8 nitrogen and oxygen atoms in total. The summed E-state index contributed by atoms with van der Waals surface area (Å²) in [5, 5.41) is 13.5. The van der Waals surface area contributed by atoms with Gasteiger partial charge in [0.15, 0.2) is 0 Å². The first-order chi connectivity index (χ1) is 8.99. The van der Waals surface area contributed by atoms with Crippen LogP contribution in [0.2, 0.25) is 0 Å². The number of carbonyl (C=O) groups is 3. The van der Waals surface area contributed by atoms with Gasteiger partial charge in [0.25, 0.3) is 0 Å². The molecule has 2 atom stereocenters. The number of nitrogens with one attached hydrogen (secondary N) is 2. The molecule has 1 saturated heterocycles. The van der Waals surface area contributed by atoms with Crippen molar-refractivity contribution in [3.63, 3.8) is 0 Å². The standard InChI is InChI=1S/C11H19N3O5/c12-9(15)5-8(10(16)17)14-11(18)13-6-7-3-1-2-4-19-7/h7-8H,1-6H2,(H2,12,15)(H,16,17)(H2,13,14,18). The van der Waals surface area contributed by atoms with Crippen molar-refractivity contribution in [2.24, 2.45) is 5.73 Å². The van der Waals surface area contributed by atoms with E-state index in [0.29, 0.717) is 13.2 Å². The second-order valence-corrected chi connectivity index (χ2v) is 4.40. The minimum absolute atomic E-state index is 0.0427. The third-order valence-electron chi connectivity index (χ3n) is 2.77. The first kappa shape index (κ1) is 15.2. The smallest absolute Gasteiger partial charge is 0.326 e. The number of nitrogens with two attached hydrogens (primary N) is 1. The average molecular weight is 273 g/mol. The van der Waals surface area contributed by atoms with Gasteiger partial charge in [-0.1, -0.05) is 0 Å². The van der Waals surface area contributed by atoms with Crippen molar-refractivity contribution >= 4 is 17.9 Å². The largest absolute Gasteiger partial charge is 0.480 e. The van der Waals surface area contributed by atoms with Crippen LogP contribution in [0.5, 0.6) is 0 Å². The maximum Gasteiger partial charge on any atom is 0.326 e. The Kier molecular flexibility index (Phi) is 6.07. The van der Waals surface area contributed by atoms with Crippen molar-refractivity contribution in [2.45, 2.75) is 37.8 Å². The average Bonchev–Trinajstić information content (AvgIpc) is 2.36. The summed E-state index contributed by atoms with van der Waals surface area (Å²) >= 11 is 0. The Morgan fingerprint density at radius 3 is 2.63 bits per heavy atom. The van der Waals surface area contributed by atoms with E-state index in [2.05, 4.69) is 10.6 Å². The molecule has 0 saturated carbocycles. The van der Waals surface area contributed by atoms with Crippen molar-refractivity contribution in [1.82, 2.24) is 10.6 Å². The van der Waals surface area contributed by atoms with Crippen LogP contribution in [0.3, 0.4) is 0 Å². The molecule has 0 aromatic heterocycles. The Balaban J connectivity index is 2.31. The molecule has 1 fully saturated rings. The third kappa shape index (κ3) is 6.05. The summed E-state index contributed by atoms with van der Waals surface area (Å²) in [6.07, 6.45) is 2.45. The first-order valence-electron chi connectivity index (χ1n) is 6.16. The van der Waals surface area contributed by atoms with Gasteiger partial charge in [-0.3, -0.25) is 4.79 Å². The summed E-state index contributed by atoms with van der Waals surface area (Å²) in [5.41, 5.74) is 4.90. The molecule has 3 amide bonds. The molecule has 108 valence electrons. The molecule has 19 heavy (non-hydrogen) atoms. The van der Waals surface area contributed by atoms with E-state index in [1.165, 1.54) is 0 Å². The minimum atomic E-state index is -1.32. The van der Waals surface area contributed by atoms with Crippen LogP contribution in [0.25, 0.3) is 0 Å². The number of carbonyl (C=O) groups excluding carboxylic acids is 2. The molecular formula is C11H19N3O5. The fraction of sp³-hybridized carbons (Fsp3) is 0.727. The van der Waals surface area contributed by atoms with Gasteiger partial charge in [0.1, 0.15) is 6.04 Å². The Bertz CT molecular complexity index is 341. The van der Waals surface area contributed by atoms with E-state index < -0.39 is 30.4 Å². The molecule has 0 aromatic rings. The number of primary amides is 1. The van der Waals surface area contributed by atoms with Crippen LogP contribution in [0.1, 0.15) is 25.7 Å². The Morgan fingerprint density at radius 1 is 1.37 bits per heavy atom. The van der Waals surface area contributed by atoms with Gasteiger partial charge >= 0.3 is 12.0 Å². The highest BCUT2D eigenvalue weighted by atomic mass is 16.5. The van der Waals surface area contributed by atoms with Gasteiger partial charge in [-0.15, -0.1) is 0 Å². The predicted octanol–water partition coefficient (Wildman–Crippen LogP) is -0.817. The molecule has 1 aliphatic rings. The highest BCUT2D eigenvalue weighted by Gasteiger charge is 2.22. The summed E-state index contributed by atoms with van der Waals surface area (Å²) in [5.74, 6) is -2.09. The molecule has 2 unspecified atom stereocenters. The summed E-state index contributed by atoms with van der Waals surface area (Å²) in [6.45, 7) is 0.988. The molecule has 0 spiro atoms. The number of urea groups is 1. The molecule has 5 N–H and O–H groups in total. The van der Waals surface area contributed by atoms with Gasteiger partial charge < -0.3 is 26.2 Å². The molecule has 1 aliphatic heterocycles. The fourth-order valence-electron chi connectivity index (χ4n) is 1.79. The second-order valence-electron chi connectivity index (χ2n) is 4.40. The van der Waals surface area contributed by atoms with E-state index in [-0.39, 0.29) is 6.10 Å². The molecule has 8 heteroatoms. The quantitative estimate of drug-likeness (QED) is 0.502. The number of aliphatic carboxylic acids is 1. The van der Waals surface area contributed by atoms with Gasteiger partial charge in [-0.2, -0.15) is 0 Å². The molecule has 1 rings (SSSR count). The zero-order valence-corrected chi connectivity index (χ0v) is 10.6. The maximum atomic E-state index is 11.5. The van der Waals surface area contributed by atoms with Crippen LogP contribution in [0, 0.1) is 0 Å². The van der Waals surface area contributed by atoms with E-state index in [0.717, 1.165) is 19.3 Å². The van der Waals surface area contributed by atoms with Crippen molar-refractivity contribution in [2.75, 3.05) is 13.2 Å². The van der Waals surface area contributed by atoms with Gasteiger partial charge in [-0.05, 0) is 19.3 Å². The van der Waals surface area contributed by atoms with Crippen LogP contribution in [-0.4, -0.2) is 48.3 Å². The van der Waals surface area contributed by atoms with Crippen LogP contribution in [0.4, 0.5) is 4.79 Å². The van der Waals surface area contributed by atoms with Gasteiger partial charge in [0.05, 0.1) is 12.5 Å². The number of amides is 3. The highest BCUT2D eigenvalue weighted by Crippen LogP contribution is 2.11. The van der Waals surface area contributed by atoms with E-state index in [4.69, 9.17) is 15.6 Å². The number of carboxylic acid groups (broad SMARTS) is 1. The first-order valence-corrected chi connectivity index (χ1v) is 6.16. The van der Waals surface area contributed by atoms with Crippen molar-refractivity contribution in [1.29, 1.82) is 0 Å². The lowest BCUT2D eigenvalue weighted by Gasteiger charge is -2.23. The number of rotatable bonds is 6. The van der Waals surface area contributed by atoms with Gasteiger partial charge in [-0.25, -0.2) is 9.59 Å². The third-order valence-corrected chi connectivity index (χ3v) is 2.77. The molecule has 1 heterocycles. The van der Waals surface area contributed by atoms with Crippen LogP contribution in [0.15, 0.2) is 0 Å². The summed E-state index contributed by atoms with van der Waals surface area (Å²) in [4.78, 5) is 33.0. The zero-order valence-electron chi connectivity index (χ0n) is 10.6. The zero-order chi connectivity index (χ0) is 14.3. The van der Waals surface area contributed by atoms with Gasteiger partial charge in [0, 0.05) is 13.2 Å². The lowest BCUT2D eigenvalue weighted by molar-refractivity contribution is -0.140. The Morgan fingerprint density at radius 2 is 2.11 bits per heavy atom. The SMILES string of the molecule is NC(=O)CC(NC(=O)NCC1CCCCO1)C(=O)O. The molecule has 0 radical (unpaired) electrons. The number of hydrogen-bond acceptors (Lipinski definition) is 4. The van der Waals surface area contributed by atoms with E-state index in [1.54, 1.807) is 0 Å². The minimum Gasteiger partial charge on any atom is -0.480 e. The van der Waals surface area contributed by atoms with E-state index in [9.17, 15) is 14.4 Å². The number of ether oxygens (including phenoxy) is 1. The molecule has 0 aliphatic carbocycles. The van der Waals surface area contributed by atoms with Crippen molar-refractivity contribution < 1.29 is 24.2 Å². The number of carboxylic acids is 1. The van der Waals surface area contributed by atoms with E-state index in [1.807, 2.05) is 0 Å². The van der Waals surface area contributed by atoms with Crippen LogP contribution in [-0.2, 0) is 14.3 Å². The topological polar surface area (TPSA) is 131 Å². The monoisotopic (exact) mass is 273 g/mol. The molecular weight excluding hydrogens is 254 g/mol. The van der Waals surface area contributed by atoms with Gasteiger partial charge in [0.2, 0.25) is 5.91 Å². The van der Waals surface area contributed by atoms with E-state index >= 15 is 0 Å². The van der Waals surface area contributed by atoms with Crippen molar-refractivity contribution in [3.8, 4) is 0 Å². The summed E-state index contributed by atoms with van der Waals surface area (Å²) < 4.78 is 5.41. The van der Waals surface area contributed by atoms with Crippen LogP contribution >= 0.6 is 0 Å². The Labute approximate surface area is 110 Å². The van der Waals surface area contributed by atoms with Crippen LogP contribution < -0.4 is 16.4 Å². The fourth-order valence-corrected chi connectivity index (χ4v) is 1.79. The molecule has 0 bridgehead atoms.